The van der Waals surface area contributed by atoms with Crippen molar-refractivity contribution in [2.75, 3.05) is 0 Å². The number of aromatic nitrogens is 2. The van der Waals surface area contributed by atoms with Crippen LogP contribution in [0.25, 0.3) is 0 Å². The van der Waals surface area contributed by atoms with Crippen molar-refractivity contribution in [3.8, 4) is 0 Å². The van der Waals surface area contributed by atoms with Crippen molar-refractivity contribution in [1.29, 1.82) is 0 Å². The minimum Gasteiger partial charge on any atom is -0.362 e. The molecule has 0 saturated carbocycles. The van der Waals surface area contributed by atoms with Gasteiger partial charge in [-0.15, -0.1) is 0 Å². The molecule has 2 N–H and O–H groups in total. The Hall–Kier alpha value is -1.78. The molecule has 0 fully saturated rings. The van der Waals surface area contributed by atoms with Gasteiger partial charge in [-0.1, -0.05) is 0 Å². The Morgan fingerprint density at radius 2 is 1.38 bits per heavy atom. The summed E-state index contributed by atoms with van der Waals surface area (Å²) in [5.74, 6) is -1.87. The zero-order chi connectivity index (χ0) is 11.4. The van der Waals surface area contributed by atoms with Crippen molar-refractivity contribution in [1.82, 2.24) is 9.97 Å². The third-order valence-electron chi connectivity index (χ3n) is 2.34. The second-order valence-electron chi connectivity index (χ2n) is 3.58. The van der Waals surface area contributed by atoms with Gasteiger partial charge in [0.2, 0.25) is 0 Å². The summed E-state index contributed by atoms with van der Waals surface area (Å²) in [7, 11) is 0. The third-order valence-corrected chi connectivity index (χ3v) is 2.34. The molecule has 0 aliphatic heterocycles. The van der Waals surface area contributed by atoms with Crippen molar-refractivity contribution in [3.63, 3.8) is 0 Å². The highest BCUT2D eigenvalue weighted by Gasteiger charge is 2.25. The van der Waals surface area contributed by atoms with Crippen LogP contribution in [0.4, 0.5) is 0 Å². The van der Waals surface area contributed by atoms with Gasteiger partial charge in [0.1, 0.15) is 0 Å². The molecule has 0 spiro atoms. The van der Waals surface area contributed by atoms with E-state index >= 15 is 0 Å². The van der Waals surface area contributed by atoms with E-state index in [1.54, 1.807) is 36.7 Å². The molecule has 0 aliphatic rings. The Morgan fingerprint density at radius 1 is 0.875 bits per heavy atom. The average Bonchev–Trinajstić information content (AvgIpc) is 2.31. The maximum absolute atomic E-state index is 9.95. The molecule has 0 unspecified atom stereocenters. The molecule has 0 atom stereocenters. The first-order valence-corrected chi connectivity index (χ1v) is 4.93. The first-order valence-electron chi connectivity index (χ1n) is 4.93. The number of pyridine rings is 2. The predicted octanol–water partition coefficient (Wildman–Crippen LogP) is 0.857. The minimum atomic E-state index is -1.87. The summed E-state index contributed by atoms with van der Waals surface area (Å²) in [6.07, 6.45) is 6.43. The average molecular weight is 216 g/mol. The van der Waals surface area contributed by atoms with Gasteiger partial charge in [-0.25, -0.2) is 0 Å². The smallest absolute Gasteiger partial charge is 0.194 e. The largest absolute Gasteiger partial charge is 0.362 e. The molecule has 2 aromatic rings. The van der Waals surface area contributed by atoms with E-state index in [0.29, 0.717) is 5.56 Å². The summed E-state index contributed by atoms with van der Waals surface area (Å²) in [5.41, 5.74) is 1.25. The maximum Gasteiger partial charge on any atom is 0.194 e. The van der Waals surface area contributed by atoms with E-state index in [0.717, 1.165) is 5.56 Å². The molecule has 0 radical (unpaired) electrons. The summed E-state index contributed by atoms with van der Waals surface area (Å²) in [6, 6.07) is 6.67. The SMILES string of the molecule is OC(O)(Cc1ccncc1)c1ccncc1. The summed E-state index contributed by atoms with van der Waals surface area (Å²) in [6.45, 7) is 0. The first-order chi connectivity index (χ1) is 7.68. The summed E-state index contributed by atoms with van der Waals surface area (Å²) in [5, 5.41) is 19.9. The number of rotatable bonds is 3. The van der Waals surface area contributed by atoms with E-state index < -0.39 is 5.79 Å². The highest BCUT2D eigenvalue weighted by Crippen LogP contribution is 2.21. The van der Waals surface area contributed by atoms with Crippen LogP contribution in [-0.2, 0) is 12.2 Å². The molecule has 0 aliphatic carbocycles. The Morgan fingerprint density at radius 3 is 1.94 bits per heavy atom. The molecule has 0 bridgehead atoms. The number of hydrogen-bond donors (Lipinski definition) is 2. The standard InChI is InChI=1S/C12H12N2O2/c15-12(16,11-3-7-14-8-4-11)9-10-1-5-13-6-2-10/h1-8,15-16H,9H2. The maximum atomic E-state index is 9.95. The van der Waals surface area contributed by atoms with Crippen LogP contribution in [0.5, 0.6) is 0 Å². The van der Waals surface area contributed by atoms with Crippen LogP contribution in [-0.4, -0.2) is 20.2 Å². The fraction of sp³-hybridized carbons (Fsp3) is 0.167. The summed E-state index contributed by atoms with van der Waals surface area (Å²) < 4.78 is 0. The van der Waals surface area contributed by atoms with E-state index in [1.165, 1.54) is 12.4 Å². The molecular formula is C12H12N2O2. The van der Waals surface area contributed by atoms with Crippen molar-refractivity contribution in [2.45, 2.75) is 12.2 Å². The van der Waals surface area contributed by atoms with E-state index in [4.69, 9.17) is 0 Å². The van der Waals surface area contributed by atoms with Gasteiger partial charge in [-0.2, -0.15) is 0 Å². The normalized spacial score (nSPS) is 11.4. The molecule has 0 aromatic carbocycles. The van der Waals surface area contributed by atoms with E-state index in [9.17, 15) is 10.2 Å². The van der Waals surface area contributed by atoms with Gasteiger partial charge in [0.15, 0.2) is 5.79 Å². The fourth-order valence-corrected chi connectivity index (χ4v) is 1.51. The van der Waals surface area contributed by atoms with Gasteiger partial charge in [-0.05, 0) is 29.8 Å². The van der Waals surface area contributed by atoms with E-state index in [2.05, 4.69) is 9.97 Å². The summed E-state index contributed by atoms with van der Waals surface area (Å²) in [4.78, 5) is 7.71. The second-order valence-corrected chi connectivity index (χ2v) is 3.58. The molecule has 2 rings (SSSR count). The lowest BCUT2D eigenvalue weighted by Gasteiger charge is -2.21. The highest BCUT2D eigenvalue weighted by molar-refractivity contribution is 5.21. The lowest BCUT2D eigenvalue weighted by molar-refractivity contribution is -0.168. The van der Waals surface area contributed by atoms with E-state index in [1.807, 2.05) is 0 Å². The zero-order valence-corrected chi connectivity index (χ0v) is 8.61. The van der Waals surface area contributed by atoms with Crippen LogP contribution in [0.15, 0.2) is 49.1 Å². The van der Waals surface area contributed by atoms with Gasteiger partial charge in [0.25, 0.3) is 0 Å². The van der Waals surface area contributed by atoms with Gasteiger partial charge < -0.3 is 10.2 Å². The lowest BCUT2D eigenvalue weighted by atomic mass is 10.00. The van der Waals surface area contributed by atoms with Crippen molar-refractivity contribution in [3.05, 3.63) is 60.2 Å². The van der Waals surface area contributed by atoms with Gasteiger partial charge >= 0.3 is 0 Å². The Labute approximate surface area is 93.2 Å². The highest BCUT2D eigenvalue weighted by atomic mass is 16.5. The lowest BCUT2D eigenvalue weighted by Crippen LogP contribution is -2.27. The Kier molecular flexibility index (Phi) is 2.94. The molecular weight excluding hydrogens is 204 g/mol. The van der Waals surface area contributed by atoms with Crippen LogP contribution in [0, 0.1) is 0 Å². The Balaban J connectivity index is 2.21. The van der Waals surface area contributed by atoms with Crippen LogP contribution < -0.4 is 0 Å². The monoisotopic (exact) mass is 216 g/mol. The molecule has 2 aromatic heterocycles. The van der Waals surface area contributed by atoms with Crippen molar-refractivity contribution < 1.29 is 10.2 Å². The van der Waals surface area contributed by atoms with Crippen LogP contribution in [0.2, 0.25) is 0 Å². The molecule has 16 heavy (non-hydrogen) atoms. The third kappa shape index (κ3) is 2.42. The molecule has 82 valence electrons. The van der Waals surface area contributed by atoms with Crippen molar-refractivity contribution >= 4 is 0 Å². The van der Waals surface area contributed by atoms with Crippen LogP contribution in [0.1, 0.15) is 11.1 Å². The van der Waals surface area contributed by atoms with Gasteiger partial charge in [0.05, 0.1) is 0 Å². The fourth-order valence-electron chi connectivity index (χ4n) is 1.51. The molecule has 0 saturated heterocycles. The predicted molar refractivity (Wildman–Crippen MR) is 58.3 cm³/mol. The summed E-state index contributed by atoms with van der Waals surface area (Å²) >= 11 is 0. The van der Waals surface area contributed by atoms with Gasteiger partial charge in [-0.3, -0.25) is 9.97 Å². The molecule has 2 heterocycles. The minimum absolute atomic E-state index is 0.125. The zero-order valence-electron chi connectivity index (χ0n) is 8.61. The van der Waals surface area contributed by atoms with E-state index in [-0.39, 0.29) is 6.42 Å². The van der Waals surface area contributed by atoms with Gasteiger partial charge in [0, 0.05) is 36.8 Å². The topological polar surface area (TPSA) is 66.2 Å². The Bertz CT molecular complexity index is 443. The number of nitrogens with zero attached hydrogens (tertiary/aromatic N) is 2. The van der Waals surface area contributed by atoms with Crippen LogP contribution in [0.3, 0.4) is 0 Å². The first kappa shape index (κ1) is 10.7. The quantitative estimate of drug-likeness (QED) is 0.747. The number of aliphatic hydroxyl groups is 2. The molecule has 0 amide bonds. The second kappa shape index (κ2) is 4.38. The number of hydrogen-bond acceptors (Lipinski definition) is 4. The van der Waals surface area contributed by atoms with Crippen LogP contribution >= 0.6 is 0 Å². The molecule has 4 nitrogen and oxygen atoms in total. The van der Waals surface area contributed by atoms with Crippen molar-refractivity contribution in [2.24, 2.45) is 0 Å². The molecule has 4 heteroatoms.